The molecule has 3 N–H and O–H groups in total. The van der Waals surface area contributed by atoms with Crippen molar-refractivity contribution < 1.29 is 4.39 Å². The third kappa shape index (κ3) is 2.52. The van der Waals surface area contributed by atoms with Crippen molar-refractivity contribution in [1.82, 2.24) is 9.97 Å². The standard InChI is InChI=1S/C16H19FN4/c1-9-2-4-10(5-3-9)14(19)16-20-12-7-6-11(8-18)13(17)15(12)21-16/h6-7,9-10,14H,2-5,19H2,1H3,(H,20,21)/t9?,10?,14-/m0/s1. The molecule has 1 aromatic heterocycles. The second-order valence-corrected chi connectivity index (χ2v) is 6.10. The molecule has 1 aliphatic rings. The lowest BCUT2D eigenvalue weighted by Gasteiger charge is -2.29. The third-order valence-electron chi connectivity index (χ3n) is 4.62. The summed E-state index contributed by atoms with van der Waals surface area (Å²) in [6.45, 7) is 2.27. The molecule has 1 aromatic carbocycles. The van der Waals surface area contributed by atoms with Gasteiger partial charge in [0.05, 0.1) is 17.1 Å². The van der Waals surface area contributed by atoms with Crippen molar-refractivity contribution in [2.75, 3.05) is 0 Å². The topological polar surface area (TPSA) is 78.5 Å². The summed E-state index contributed by atoms with van der Waals surface area (Å²) in [4.78, 5) is 7.42. The number of aromatic nitrogens is 2. The summed E-state index contributed by atoms with van der Waals surface area (Å²) in [5.74, 6) is 1.21. The van der Waals surface area contributed by atoms with Crippen LogP contribution < -0.4 is 5.73 Å². The molecular weight excluding hydrogens is 267 g/mol. The van der Waals surface area contributed by atoms with Crippen molar-refractivity contribution in [1.29, 1.82) is 5.26 Å². The Bertz CT molecular complexity index is 692. The number of fused-ring (bicyclic) bond motifs is 1. The maximum atomic E-state index is 14.1. The van der Waals surface area contributed by atoms with Crippen molar-refractivity contribution in [3.63, 3.8) is 0 Å². The molecule has 0 unspecified atom stereocenters. The van der Waals surface area contributed by atoms with Crippen LogP contribution in [0, 0.1) is 29.0 Å². The molecule has 0 radical (unpaired) electrons. The highest BCUT2D eigenvalue weighted by atomic mass is 19.1. The summed E-state index contributed by atoms with van der Waals surface area (Å²) in [7, 11) is 0. The summed E-state index contributed by atoms with van der Waals surface area (Å²) >= 11 is 0. The van der Waals surface area contributed by atoms with Gasteiger partial charge in [0, 0.05) is 0 Å². The van der Waals surface area contributed by atoms with Gasteiger partial charge in [0.15, 0.2) is 5.82 Å². The molecule has 0 amide bonds. The maximum Gasteiger partial charge on any atom is 0.168 e. The Labute approximate surface area is 123 Å². The fourth-order valence-electron chi connectivity index (χ4n) is 3.17. The normalized spacial score (nSPS) is 23.9. The Morgan fingerprint density at radius 3 is 2.76 bits per heavy atom. The van der Waals surface area contributed by atoms with Gasteiger partial charge in [-0.05, 0) is 36.8 Å². The van der Waals surface area contributed by atoms with Crippen molar-refractivity contribution in [3.8, 4) is 6.07 Å². The Morgan fingerprint density at radius 2 is 2.10 bits per heavy atom. The van der Waals surface area contributed by atoms with Crippen LogP contribution in [0.2, 0.25) is 0 Å². The second kappa shape index (κ2) is 5.45. The van der Waals surface area contributed by atoms with E-state index in [2.05, 4.69) is 16.9 Å². The quantitative estimate of drug-likeness (QED) is 0.888. The number of benzene rings is 1. The molecule has 0 bridgehead atoms. The van der Waals surface area contributed by atoms with E-state index < -0.39 is 5.82 Å². The molecule has 0 spiro atoms. The van der Waals surface area contributed by atoms with Gasteiger partial charge in [0.2, 0.25) is 0 Å². The average molecular weight is 286 g/mol. The summed E-state index contributed by atoms with van der Waals surface area (Å²) < 4.78 is 14.1. The lowest BCUT2D eigenvalue weighted by molar-refractivity contribution is 0.252. The number of aromatic amines is 1. The van der Waals surface area contributed by atoms with E-state index in [0.717, 1.165) is 18.8 Å². The number of nitrogens with two attached hydrogens (primary N) is 1. The van der Waals surface area contributed by atoms with Gasteiger partial charge < -0.3 is 10.7 Å². The first kappa shape index (κ1) is 14.0. The zero-order chi connectivity index (χ0) is 15.0. The van der Waals surface area contributed by atoms with Crippen molar-refractivity contribution in [3.05, 3.63) is 29.3 Å². The van der Waals surface area contributed by atoms with Crippen molar-refractivity contribution in [2.45, 2.75) is 38.6 Å². The highest BCUT2D eigenvalue weighted by Crippen LogP contribution is 2.35. The first-order valence-electron chi connectivity index (χ1n) is 7.44. The minimum absolute atomic E-state index is 0.0145. The van der Waals surface area contributed by atoms with Gasteiger partial charge in [-0.15, -0.1) is 0 Å². The lowest BCUT2D eigenvalue weighted by Crippen LogP contribution is -2.26. The van der Waals surface area contributed by atoms with E-state index in [4.69, 9.17) is 11.0 Å². The molecular formula is C16H19FN4. The molecule has 21 heavy (non-hydrogen) atoms. The van der Waals surface area contributed by atoms with E-state index in [-0.39, 0.29) is 17.1 Å². The van der Waals surface area contributed by atoms with E-state index in [1.807, 2.05) is 6.07 Å². The Morgan fingerprint density at radius 1 is 1.38 bits per heavy atom. The number of halogens is 1. The van der Waals surface area contributed by atoms with Crippen LogP contribution in [-0.4, -0.2) is 9.97 Å². The van der Waals surface area contributed by atoms with Crippen LogP contribution in [0.3, 0.4) is 0 Å². The molecule has 0 aliphatic heterocycles. The lowest BCUT2D eigenvalue weighted by atomic mass is 9.79. The van der Waals surface area contributed by atoms with Gasteiger partial charge in [0.25, 0.3) is 0 Å². The van der Waals surface area contributed by atoms with Crippen LogP contribution in [0.1, 0.15) is 50.0 Å². The number of nitrogens with zero attached hydrogens (tertiary/aromatic N) is 2. The summed E-state index contributed by atoms with van der Waals surface area (Å²) in [5.41, 5.74) is 7.14. The molecule has 2 aromatic rings. The number of hydrogen-bond acceptors (Lipinski definition) is 3. The molecule has 0 saturated heterocycles. The molecule has 1 heterocycles. The Hall–Kier alpha value is -1.93. The Balaban J connectivity index is 1.91. The number of nitrogens with one attached hydrogen (secondary N) is 1. The van der Waals surface area contributed by atoms with Crippen LogP contribution in [0.4, 0.5) is 4.39 Å². The van der Waals surface area contributed by atoms with Crippen molar-refractivity contribution in [2.24, 2.45) is 17.6 Å². The van der Waals surface area contributed by atoms with E-state index in [9.17, 15) is 4.39 Å². The highest BCUT2D eigenvalue weighted by Gasteiger charge is 2.27. The van der Waals surface area contributed by atoms with Crippen LogP contribution in [-0.2, 0) is 0 Å². The third-order valence-corrected chi connectivity index (χ3v) is 4.62. The average Bonchev–Trinajstić information content (AvgIpc) is 2.93. The SMILES string of the molecule is CC1CCC([C@H](N)c2nc3c(F)c(C#N)ccc3[nH]2)CC1. The summed E-state index contributed by atoms with van der Waals surface area (Å²) in [6, 6.07) is 4.78. The minimum Gasteiger partial charge on any atom is -0.341 e. The van der Waals surface area contributed by atoms with Gasteiger partial charge in [-0.3, -0.25) is 0 Å². The van der Waals surface area contributed by atoms with Gasteiger partial charge in [-0.25, -0.2) is 9.37 Å². The van der Waals surface area contributed by atoms with Crippen LogP contribution in [0.15, 0.2) is 12.1 Å². The molecule has 1 atom stereocenters. The number of nitriles is 1. The van der Waals surface area contributed by atoms with Gasteiger partial charge in [0.1, 0.15) is 17.4 Å². The zero-order valence-corrected chi connectivity index (χ0v) is 12.1. The molecule has 1 fully saturated rings. The van der Waals surface area contributed by atoms with E-state index in [1.54, 1.807) is 6.07 Å². The summed E-state index contributed by atoms with van der Waals surface area (Å²) in [5, 5.41) is 8.87. The minimum atomic E-state index is -0.568. The largest absolute Gasteiger partial charge is 0.341 e. The molecule has 1 saturated carbocycles. The predicted octanol–water partition coefficient (Wildman–Crippen LogP) is 3.40. The van der Waals surface area contributed by atoms with Crippen LogP contribution >= 0.6 is 0 Å². The van der Waals surface area contributed by atoms with E-state index in [1.165, 1.54) is 18.9 Å². The molecule has 3 rings (SSSR count). The first-order valence-corrected chi connectivity index (χ1v) is 7.44. The zero-order valence-electron chi connectivity index (χ0n) is 12.1. The number of rotatable bonds is 2. The van der Waals surface area contributed by atoms with E-state index >= 15 is 0 Å². The monoisotopic (exact) mass is 286 g/mol. The highest BCUT2D eigenvalue weighted by molar-refractivity contribution is 5.77. The molecule has 5 heteroatoms. The first-order chi connectivity index (χ1) is 10.1. The molecule has 110 valence electrons. The number of imidazole rings is 1. The van der Waals surface area contributed by atoms with E-state index in [0.29, 0.717) is 17.3 Å². The van der Waals surface area contributed by atoms with Crippen LogP contribution in [0.5, 0.6) is 0 Å². The fraction of sp³-hybridized carbons (Fsp3) is 0.500. The molecule has 1 aliphatic carbocycles. The molecule has 4 nitrogen and oxygen atoms in total. The smallest absolute Gasteiger partial charge is 0.168 e. The summed E-state index contributed by atoms with van der Waals surface area (Å²) in [6.07, 6.45) is 4.55. The maximum absolute atomic E-state index is 14.1. The predicted molar refractivity (Wildman–Crippen MR) is 78.8 cm³/mol. The second-order valence-electron chi connectivity index (χ2n) is 6.10. The van der Waals surface area contributed by atoms with Crippen LogP contribution in [0.25, 0.3) is 11.0 Å². The Kier molecular flexibility index (Phi) is 3.64. The number of H-pyrrole nitrogens is 1. The van der Waals surface area contributed by atoms with Gasteiger partial charge in [-0.2, -0.15) is 5.26 Å². The fourth-order valence-corrected chi connectivity index (χ4v) is 3.17. The van der Waals surface area contributed by atoms with Gasteiger partial charge in [-0.1, -0.05) is 19.8 Å². The van der Waals surface area contributed by atoms with Crippen molar-refractivity contribution >= 4 is 11.0 Å². The van der Waals surface area contributed by atoms with Gasteiger partial charge >= 0.3 is 0 Å². The number of hydrogen-bond donors (Lipinski definition) is 2.